The van der Waals surface area contributed by atoms with Crippen molar-refractivity contribution in [3.8, 4) is 5.75 Å². The molecule has 1 fully saturated rings. The average Bonchev–Trinajstić information content (AvgIpc) is 2.72. The van der Waals surface area contributed by atoms with E-state index >= 15 is 0 Å². The Kier molecular flexibility index (Phi) is 7.28. The van der Waals surface area contributed by atoms with Gasteiger partial charge in [0.05, 0.1) is 7.11 Å². The van der Waals surface area contributed by atoms with E-state index in [1.807, 2.05) is 24.3 Å². The zero-order valence-electron chi connectivity index (χ0n) is 16.2. The summed E-state index contributed by atoms with van der Waals surface area (Å²) in [5.41, 5.74) is 2.54. The van der Waals surface area contributed by atoms with E-state index in [4.69, 9.17) is 4.74 Å². The zero-order chi connectivity index (χ0) is 18.9. The highest BCUT2D eigenvalue weighted by molar-refractivity contribution is 5.76. The molecule has 1 atom stereocenters. The van der Waals surface area contributed by atoms with Crippen LogP contribution in [0.2, 0.25) is 0 Å². The first-order valence-electron chi connectivity index (χ1n) is 9.91. The summed E-state index contributed by atoms with van der Waals surface area (Å²) < 4.78 is 5.17. The van der Waals surface area contributed by atoms with Crippen molar-refractivity contribution < 1.29 is 9.53 Å². The molecule has 27 heavy (non-hydrogen) atoms. The van der Waals surface area contributed by atoms with Crippen LogP contribution in [0, 0.1) is 0 Å². The van der Waals surface area contributed by atoms with Gasteiger partial charge in [0, 0.05) is 25.6 Å². The van der Waals surface area contributed by atoms with Gasteiger partial charge in [-0.2, -0.15) is 0 Å². The Morgan fingerprint density at radius 1 is 1.07 bits per heavy atom. The van der Waals surface area contributed by atoms with Crippen LogP contribution < -0.4 is 10.1 Å². The van der Waals surface area contributed by atoms with E-state index in [1.165, 1.54) is 11.1 Å². The standard InChI is InChI=1S/C23H30N2O2/c1-27-22-12-9-20(10-13-22)11-14-23(26)24-21-8-5-16-25(18-21)17-15-19-6-3-2-4-7-19/h2-4,6-7,9-10,12-13,21H,5,8,11,14-18H2,1H3,(H,24,26). The van der Waals surface area contributed by atoms with Crippen LogP contribution in [0.15, 0.2) is 54.6 Å². The molecule has 0 radical (unpaired) electrons. The lowest BCUT2D eigenvalue weighted by atomic mass is 10.0. The van der Waals surface area contributed by atoms with Crippen LogP contribution in [-0.4, -0.2) is 43.6 Å². The van der Waals surface area contributed by atoms with Crippen LogP contribution in [-0.2, 0) is 17.6 Å². The van der Waals surface area contributed by atoms with Crippen molar-refractivity contribution in [3.63, 3.8) is 0 Å². The minimum Gasteiger partial charge on any atom is -0.497 e. The number of amides is 1. The number of carbonyl (C=O) groups excluding carboxylic acids is 1. The number of piperidine rings is 1. The van der Waals surface area contributed by atoms with E-state index in [1.54, 1.807) is 7.11 Å². The molecule has 4 nitrogen and oxygen atoms in total. The van der Waals surface area contributed by atoms with E-state index in [0.717, 1.165) is 51.1 Å². The van der Waals surface area contributed by atoms with Crippen molar-refractivity contribution in [2.24, 2.45) is 0 Å². The number of aryl methyl sites for hydroxylation is 1. The van der Waals surface area contributed by atoms with E-state index in [2.05, 4.69) is 40.5 Å². The molecule has 1 unspecified atom stereocenters. The Morgan fingerprint density at radius 3 is 2.56 bits per heavy atom. The number of benzene rings is 2. The number of likely N-dealkylation sites (tertiary alicyclic amines) is 1. The quantitative estimate of drug-likeness (QED) is 0.778. The second kappa shape index (κ2) is 10.1. The van der Waals surface area contributed by atoms with Crippen molar-refractivity contribution in [1.29, 1.82) is 0 Å². The molecule has 2 aromatic rings. The Labute approximate surface area is 162 Å². The second-order valence-electron chi connectivity index (χ2n) is 7.29. The zero-order valence-corrected chi connectivity index (χ0v) is 16.2. The third-order valence-electron chi connectivity index (χ3n) is 5.23. The molecular weight excluding hydrogens is 336 g/mol. The van der Waals surface area contributed by atoms with Crippen molar-refractivity contribution in [1.82, 2.24) is 10.2 Å². The summed E-state index contributed by atoms with van der Waals surface area (Å²) in [5.74, 6) is 1.00. The Morgan fingerprint density at radius 2 is 1.81 bits per heavy atom. The minimum atomic E-state index is 0.153. The number of hydrogen-bond donors (Lipinski definition) is 1. The normalized spacial score (nSPS) is 17.4. The highest BCUT2D eigenvalue weighted by Gasteiger charge is 2.21. The average molecular weight is 367 g/mol. The van der Waals surface area contributed by atoms with Gasteiger partial charge in [-0.1, -0.05) is 42.5 Å². The number of ether oxygens (including phenoxy) is 1. The molecule has 144 valence electrons. The fourth-order valence-corrected chi connectivity index (χ4v) is 3.66. The fourth-order valence-electron chi connectivity index (χ4n) is 3.66. The number of carbonyl (C=O) groups is 1. The van der Waals surface area contributed by atoms with E-state index in [9.17, 15) is 4.79 Å². The van der Waals surface area contributed by atoms with Gasteiger partial charge in [-0.3, -0.25) is 4.79 Å². The van der Waals surface area contributed by atoms with Gasteiger partial charge in [-0.15, -0.1) is 0 Å². The number of methoxy groups -OCH3 is 1. The van der Waals surface area contributed by atoms with Gasteiger partial charge < -0.3 is 15.0 Å². The molecule has 1 heterocycles. The molecule has 1 amide bonds. The predicted molar refractivity (Wildman–Crippen MR) is 109 cm³/mol. The molecule has 0 saturated carbocycles. The highest BCUT2D eigenvalue weighted by Crippen LogP contribution is 2.14. The number of nitrogens with zero attached hydrogens (tertiary/aromatic N) is 1. The Hall–Kier alpha value is -2.33. The molecule has 4 heteroatoms. The van der Waals surface area contributed by atoms with E-state index in [0.29, 0.717) is 6.42 Å². The largest absolute Gasteiger partial charge is 0.497 e. The molecule has 1 N–H and O–H groups in total. The fraction of sp³-hybridized carbons (Fsp3) is 0.435. The van der Waals surface area contributed by atoms with Gasteiger partial charge in [0.25, 0.3) is 0 Å². The van der Waals surface area contributed by atoms with E-state index in [-0.39, 0.29) is 11.9 Å². The number of hydrogen-bond acceptors (Lipinski definition) is 3. The first-order valence-corrected chi connectivity index (χ1v) is 9.91. The maximum atomic E-state index is 12.3. The first kappa shape index (κ1) is 19.4. The molecule has 2 aromatic carbocycles. The van der Waals surface area contributed by atoms with Gasteiger partial charge in [0.2, 0.25) is 5.91 Å². The monoisotopic (exact) mass is 366 g/mol. The highest BCUT2D eigenvalue weighted by atomic mass is 16.5. The summed E-state index contributed by atoms with van der Waals surface area (Å²) in [7, 11) is 1.66. The first-order chi connectivity index (χ1) is 13.2. The van der Waals surface area contributed by atoms with Gasteiger partial charge in [0.15, 0.2) is 0 Å². The molecule has 3 rings (SSSR count). The summed E-state index contributed by atoms with van der Waals surface area (Å²) >= 11 is 0. The summed E-state index contributed by atoms with van der Waals surface area (Å²) in [4.78, 5) is 14.8. The third kappa shape index (κ3) is 6.40. The summed E-state index contributed by atoms with van der Waals surface area (Å²) in [6.45, 7) is 3.15. The smallest absolute Gasteiger partial charge is 0.220 e. The lowest BCUT2D eigenvalue weighted by Gasteiger charge is -2.33. The van der Waals surface area contributed by atoms with Crippen molar-refractivity contribution in [2.75, 3.05) is 26.7 Å². The molecule has 1 aliphatic heterocycles. The number of rotatable bonds is 8. The van der Waals surface area contributed by atoms with Crippen LogP contribution in [0.25, 0.3) is 0 Å². The molecule has 0 bridgehead atoms. The minimum absolute atomic E-state index is 0.153. The lowest BCUT2D eigenvalue weighted by molar-refractivity contribution is -0.122. The van der Waals surface area contributed by atoms with Crippen LogP contribution in [0.5, 0.6) is 5.75 Å². The lowest BCUT2D eigenvalue weighted by Crippen LogP contribution is -2.48. The van der Waals surface area contributed by atoms with Crippen molar-refractivity contribution >= 4 is 5.91 Å². The molecule has 0 aliphatic carbocycles. The van der Waals surface area contributed by atoms with Crippen LogP contribution in [0.1, 0.15) is 30.4 Å². The van der Waals surface area contributed by atoms with Gasteiger partial charge in [-0.25, -0.2) is 0 Å². The third-order valence-corrected chi connectivity index (χ3v) is 5.23. The van der Waals surface area contributed by atoms with Crippen LogP contribution in [0.3, 0.4) is 0 Å². The maximum Gasteiger partial charge on any atom is 0.220 e. The summed E-state index contributed by atoms with van der Waals surface area (Å²) in [5, 5.41) is 3.23. The molecular formula is C23H30N2O2. The maximum absolute atomic E-state index is 12.3. The van der Waals surface area contributed by atoms with Crippen molar-refractivity contribution in [3.05, 3.63) is 65.7 Å². The van der Waals surface area contributed by atoms with Crippen LogP contribution in [0.4, 0.5) is 0 Å². The molecule has 0 spiro atoms. The molecule has 1 saturated heterocycles. The van der Waals surface area contributed by atoms with Gasteiger partial charge >= 0.3 is 0 Å². The Balaban J connectivity index is 1.39. The number of nitrogens with one attached hydrogen (secondary N) is 1. The van der Waals surface area contributed by atoms with Crippen LogP contribution >= 0.6 is 0 Å². The summed E-state index contributed by atoms with van der Waals surface area (Å²) in [6, 6.07) is 18.8. The Bertz CT molecular complexity index is 700. The predicted octanol–water partition coefficient (Wildman–Crippen LogP) is 3.45. The summed E-state index contributed by atoms with van der Waals surface area (Å²) in [6.07, 6.45) is 4.60. The van der Waals surface area contributed by atoms with Crippen molar-refractivity contribution in [2.45, 2.75) is 38.1 Å². The SMILES string of the molecule is COc1ccc(CCC(=O)NC2CCCN(CCc3ccccc3)C2)cc1. The van der Waals surface area contributed by atoms with Gasteiger partial charge in [0.1, 0.15) is 5.75 Å². The second-order valence-corrected chi connectivity index (χ2v) is 7.29. The topological polar surface area (TPSA) is 41.6 Å². The molecule has 1 aliphatic rings. The molecule has 0 aromatic heterocycles. The van der Waals surface area contributed by atoms with Gasteiger partial charge in [-0.05, 0) is 55.5 Å². The van der Waals surface area contributed by atoms with E-state index < -0.39 is 0 Å².